The quantitative estimate of drug-likeness (QED) is 0.365. The first kappa shape index (κ1) is 25.6. The average Bonchev–Trinajstić information content (AvgIpc) is 3.23. The second-order valence-corrected chi connectivity index (χ2v) is 8.40. The van der Waals surface area contributed by atoms with E-state index < -0.39 is 11.7 Å². The lowest BCUT2D eigenvalue weighted by molar-refractivity contribution is -0.137. The third-order valence-electron chi connectivity index (χ3n) is 5.23. The number of amides is 1. The van der Waals surface area contributed by atoms with E-state index in [2.05, 4.69) is 15.5 Å². The van der Waals surface area contributed by atoms with E-state index in [4.69, 9.17) is 4.74 Å². The van der Waals surface area contributed by atoms with Crippen molar-refractivity contribution in [2.75, 3.05) is 11.1 Å². The number of ether oxygens (including phenoxy) is 1. The van der Waals surface area contributed by atoms with Crippen LogP contribution in [-0.4, -0.2) is 26.4 Å². The van der Waals surface area contributed by atoms with Crippen molar-refractivity contribution in [2.45, 2.75) is 58.1 Å². The van der Waals surface area contributed by atoms with E-state index in [1.165, 1.54) is 23.9 Å². The Labute approximate surface area is 200 Å². The van der Waals surface area contributed by atoms with Crippen molar-refractivity contribution in [3.8, 4) is 5.75 Å². The van der Waals surface area contributed by atoms with E-state index in [0.717, 1.165) is 41.8 Å². The van der Waals surface area contributed by atoms with Crippen LogP contribution in [0.2, 0.25) is 0 Å². The van der Waals surface area contributed by atoms with Crippen molar-refractivity contribution < 1.29 is 22.7 Å². The van der Waals surface area contributed by atoms with Gasteiger partial charge in [-0.15, -0.1) is 10.2 Å². The van der Waals surface area contributed by atoms with Crippen molar-refractivity contribution in [3.63, 3.8) is 0 Å². The van der Waals surface area contributed by atoms with Gasteiger partial charge in [-0.2, -0.15) is 13.2 Å². The van der Waals surface area contributed by atoms with Gasteiger partial charge in [0, 0.05) is 12.2 Å². The summed E-state index contributed by atoms with van der Waals surface area (Å²) >= 11 is 1.25. The number of nitrogens with zero attached hydrogens (tertiary/aromatic N) is 3. The first-order valence-corrected chi connectivity index (χ1v) is 12.0. The Morgan fingerprint density at radius 2 is 1.74 bits per heavy atom. The molecule has 0 bridgehead atoms. The molecule has 0 aliphatic rings. The predicted octanol–water partition coefficient (Wildman–Crippen LogP) is 5.75. The maximum Gasteiger partial charge on any atom is 0.416 e. The molecule has 1 N–H and O–H groups in total. The molecule has 1 aromatic heterocycles. The SMILES string of the molecule is CCc1cccc(CC)c1NC(=O)CSc1nnc(COc2cccc(C(F)(F)F)c2)n1CC. The number of hydrogen-bond donors (Lipinski definition) is 1. The lowest BCUT2D eigenvalue weighted by Gasteiger charge is -2.14. The summed E-state index contributed by atoms with van der Waals surface area (Å²) in [4.78, 5) is 12.6. The summed E-state index contributed by atoms with van der Waals surface area (Å²) in [5.74, 6) is 0.559. The van der Waals surface area contributed by atoms with Gasteiger partial charge in [-0.25, -0.2) is 0 Å². The number of alkyl halides is 3. The summed E-state index contributed by atoms with van der Waals surface area (Å²) < 4.78 is 46.0. The van der Waals surface area contributed by atoms with Crippen molar-refractivity contribution in [2.24, 2.45) is 0 Å². The molecule has 0 atom stereocenters. The molecule has 3 rings (SSSR count). The van der Waals surface area contributed by atoms with Gasteiger partial charge in [0.25, 0.3) is 0 Å². The molecular weight excluding hydrogens is 465 g/mol. The molecule has 34 heavy (non-hydrogen) atoms. The molecule has 0 radical (unpaired) electrons. The highest BCUT2D eigenvalue weighted by atomic mass is 32.2. The van der Waals surface area contributed by atoms with Gasteiger partial charge < -0.3 is 14.6 Å². The summed E-state index contributed by atoms with van der Waals surface area (Å²) in [6.07, 6.45) is -2.81. The fourth-order valence-electron chi connectivity index (χ4n) is 3.47. The fourth-order valence-corrected chi connectivity index (χ4v) is 4.29. The fraction of sp³-hybridized carbons (Fsp3) is 0.375. The first-order valence-electron chi connectivity index (χ1n) is 11.0. The Kier molecular flexibility index (Phi) is 8.60. The zero-order chi connectivity index (χ0) is 24.7. The molecule has 0 aliphatic heterocycles. The standard InChI is InChI=1S/C24H27F3N4O2S/c1-4-16-9-7-10-17(5-2)22(16)28-21(32)15-34-23-30-29-20(31(23)6-3)14-33-19-12-8-11-18(13-19)24(25,26)27/h7-13H,4-6,14-15H2,1-3H3,(H,28,32). The minimum absolute atomic E-state index is 0.0430. The second-order valence-electron chi connectivity index (χ2n) is 7.45. The smallest absolute Gasteiger partial charge is 0.416 e. The van der Waals surface area contributed by atoms with Gasteiger partial charge in [-0.05, 0) is 49.1 Å². The highest BCUT2D eigenvalue weighted by Gasteiger charge is 2.30. The number of anilines is 1. The van der Waals surface area contributed by atoms with Crippen molar-refractivity contribution in [1.29, 1.82) is 0 Å². The lowest BCUT2D eigenvalue weighted by Crippen LogP contribution is -2.17. The molecule has 0 fully saturated rings. The molecule has 0 unspecified atom stereocenters. The van der Waals surface area contributed by atoms with Gasteiger partial charge in [0.2, 0.25) is 5.91 Å². The van der Waals surface area contributed by atoms with E-state index in [9.17, 15) is 18.0 Å². The number of hydrogen-bond acceptors (Lipinski definition) is 5. The normalized spacial score (nSPS) is 11.5. The second kappa shape index (κ2) is 11.4. The summed E-state index contributed by atoms with van der Waals surface area (Å²) in [6.45, 7) is 6.47. The number of benzene rings is 2. The van der Waals surface area contributed by atoms with Crippen molar-refractivity contribution in [1.82, 2.24) is 14.8 Å². The summed E-state index contributed by atoms with van der Waals surface area (Å²) in [5, 5.41) is 11.8. The highest BCUT2D eigenvalue weighted by Crippen LogP contribution is 2.31. The zero-order valence-electron chi connectivity index (χ0n) is 19.3. The van der Waals surface area contributed by atoms with Crippen LogP contribution in [0.4, 0.5) is 18.9 Å². The van der Waals surface area contributed by atoms with E-state index in [0.29, 0.717) is 17.5 Å². The summed E-state index contributed by atoms with van der Waals surface area (Å²) in [5.41, 5.74) is 2.26. The van der Waals surface area contributed by atoms with Crippen LogP contribution in [0.1, 0.15) is 43.3 Å². The minimum Gasteiger partial charge on any atom is -0.486 e. The summed E-state index contributed by atoms with van der Waals surface area (Å²) in [6, 6.07) is 10.7. The Hall–Kier alpha value is -3.01. The molecule has 1 amide bonds. The monoisotopic (exact) mass is 492 g/mol. The van der Waals surface area contributed by atoms with E-state index in [-0.39, 0.29) is 24.0 Å². The van der Waals surface area contributed by atoms with Crippen LogP contribution in [0.15, 0.2) is 47.6 Å². The number of aromatic nitrogens is 3. The van der Waals surface area contributed by atoms with Crippen LogP contribution in [-0.2, 0) is 37.0 Å². The van der Waals surface area contributed by atoms with Crippen molar-refractivity contribution in [3.05, 3.63) is 65.0 Å². The van der Waals surface area contributed by atoms with E-state index in [1.807, 2.05) is 39.0 Å². The third-order valence-corrected chi connectivity index (χ3v) is 6.20. The molecule has 3 aromatic rings. The molecular formula is C24H27F3N4O2S. The molecule has 1 heterocycles. The Morgan fingerprint density at radius 1 is 1.06 bits per heavy atom. The molecule has 2 aromatic carbocycles. The number of carbonyl (C=O) groups excluding carboxylic acids is 1. The number of nitrogens with one attached hydrogen (secondary N) is 1. The van der Waals surface area contributed by atoms with Crippen molar-refractivity contribution >= 4 is 23.4 Å². The lowest BCUT2D eigenvalue weighted by atomic mass is 10.0. The topological polar surface area (TPSA) is 69.0 Å². The largest absolute Gasteiger partial charge is 0.486 e. The molecule has 6 nitrogen and oxygen atoms in total. The van der Waals surface area contributed by atoms with Gasteiger partial charge >= 0.3 is 6.18 Å². The Balaban J connectivity index is 1.63. The highest BCUT2D eigenvalue weighted by molar-refractivity contribution is 7.99. The van der Waals surface area contributed by atoms with Crippen LogP contribution >= 0.6 is 11.8 Å². The Bertz CT molecular complexity index is 1110. The van der Waals surface area contributed by atoms with Crippen LogP contribution in [0.25, 0.3) is 0 Å². The number of thioether (sulfide) groups is 1. The Morgan fingerprint density at radius 3 is 2.35 bits per heavy atom. The molecule has 0 saturated carbocycles. The van der Waals surface area contributed by atoms with Gasteiger partial charge in [0.1, 0.15) is 12.4 Å². The minimum atomic E-state index is -4.44. The third kappa shape index (κ3) is 6.31. The first-order chi connectivity index (χ1) is 16.3. The van der Waals surface area contributed by atoms with Gasteiger partial charge in [0.15, 0.2) is 11.0 Å². The van der Waals surface area contributed by atoms with Gasteiger partial charge in [-0.3, -0.25) is 4.79 Å². The molecule has 0 aliphatic carbocycles. The maximum absolute atomic E-state index is 12.9. The van der Waals surface area contributed by atoms with Gasteiger partial charge in [0.05, 0.1) is 11.3 Å². The van der Waals surface area contributed by atoms with E-state index in [1.54, 1.807) is 4.57 Å². The average molecular weight is 493 g/mol. The predicted molar refractivity (Wildman–Crippen MR) is 126 cm³/mol. The number of halogens is 3. The maximum atomic E-state index is 12.9. The number of rotatable bonds is 10. The van der Waals surface area contributed by atoms with Crippen LogP contribution < -0.4 is 10.1 Å². The van der Waals surface area contributed by atoms with Crippen LogP contribution in [0, 0.1) is 0 Å². The summed E-state index contributed by atoms with van der Waals surface area (Å²) in [7, 11) is 0. The number of aryl methyl sites for hydroxylation is 2. The molecule has 182 valence electrons. The van der Waals surface area contributed by atoms with Gasteiger partial charge in [-0.1, -0.05) is 49.9 Å². The number of para-hydroxylation sites is 1. The van der Waals surface area contributed by atoms with Crippen LogP contribution in [0.5, 0.6) is 5.75 Å². The molecule has 0 saturated heterocycles. The van der Waals surface area contributed by atoms with E-state index >= 15 is 0 Å². The zero-order valence-corrected chi connectivity index (χ0v) is 20.1. The number of carbonyl (C=O) groups is 1. The molecule has 10 heteroatoms. The van der Waals surface area contributed by atoms with Crippen LogP contribution in [0.3, 0.4) is 0 Å². The molecule has 0 spiro atoms.